The third-order valence-corrected chi connectivity index (χ3v) is 8.94. The summed E-state index contributed by atoms with van der Waals surface area (Å²) in [6, 6.07) is 4.27. The maximum absolute atomic E-state index is 12.3. The lowest BCUT2D eigenvalue weighted by atomic mass is 9.46. The van der Waals surface area contributed by atoms with Gasteiger partial charge in [0.1, 0.15) is 0 Å². The zero-order valence-corrected chi connectivity index (χ0v) is 21.6. The highest BCUT2D eigenvalue weighted by molar-refractivity contribution is 5.88. The van der Waals surface area contributed by atoms with Crippen LogP contribution in [-0.2, 0) is 14.3 Å². The number of benzene rings is 1. The largest absolute Gasteiger partial charge is 0.504 e. The van der Waals surface area contributed by atoms with Crippen LogP contribution in [0.15, 0.2) is 35.9 Å². The first kappa shape index (κ1) is 27.8. The lowest BCUT2D eigenvalue weighted by molar-refractivity contribution is -0.139. The predicted octanol–water partition coefficient (Wildman–Crippen LogP) is 5.30. The van der Waals surface area contributed by atoms with Crippen LogP contribution in [0.5, 0.6) is 11.5 Å². The molecule has 1 fully saturated rings. The van der Waals surface area contributed by atoms with Gasteiger partial charge in [-0.05, 0) is 91.9 Å². The molecule has 0 aliphatic heterocycles. The van der Waals surface area contributed by atoms with Crippen LogP contribution in [0.1, 0.15) is 71.3 Å². The number of aromatic hydroxyl groups is 2. The van der Waals surface area contributed by atoms with Crippen molar-refractivity contribution in [1.82, 2.24) is 0 Å². The van der Waals surface area contributed by atoms with Crippen molar-refractivity contribution in [3.05, 3.63) is 41.5 Å². The number of hydrogen-bond donors (Lipinski definition) is 4. The average Bonchev–Trinajstić information content (AvgIpc) is 2.84. The van der Waals surface area contributed by atoms with E-state index < -0.39 is 11.9 Å². The number of carboxylic acids is 1. The number of aliphatic hydroxyl groups is 1. The predicted molar refractivity (Wildman–Crippen MR) is 137 cm³/mol. The number of phenolic OH excluding ortho intramolecular Hbond substituents is 2. The lowest BCUT2D eigenvalue weighted by Gasteiger charge is -2.57. The van der Waals surface area contributed by atoms with Crippen molar-refractivity contribution in [2.45, 2.75) is 65.7 Å². The normalized spacial score (nSPS) is 28.8. The molecule has 0 aromatic heterocycles. The number of allylic oxidation sites excluding steroid dienone is 1. The van der Waals surface area contributed by atoms with Gasteiger partial charge in [-0.3, -0.25) is 0 Å². The quantitative estimate of drug-likeness (QED) is 0.195. The maximum Gasteiger partial charge on any atom is 0.331 e. The van der Waals surface area contributed by atoms with Crippen LogP contribution in [0.3, 0.4) is 0 Å². The third kappa shape index (κ3) is 5.94. The summed E-state index contributed by atoms with van der Waals surface area (Å²) in [4.78, 5) is 24.3. The molecule has 0 radical (unpaired) electrons. The van der Waals surface area contributed by atoms with Crippen molar-refractivity contribution in [2.24, 2.45) is 28.6 Å². The van der Waals surface area contributed by atoms with Gasteiger partial charge in [0.2, 0.25) is 0 Å². The molecule has 36 heavy (non-hydrogen) atoms. The molecule has 2 aliphatic rings. The summed E-state index contributed by atoms with van der Waals surface area (Å²) >= 11 is 0. The smallest absolute Gasteiger partial charge is 0.331 e. The van der Waals surface area contributed by atoms with Crippen LogP contribution in [0.2, 0.25) is 0 Å². The summed E-state index contributed by atoms with van der Waals surface area (Å²) in [7, 11) is 0. The number of carbonyl (C=O) groups excluding carboxylic acids is 1. The van der Waals surface area contributed by atoms with E-state index in [1.807, 2.05) is 6.08 Å². The number of aliphatic hydroxyl groups excluding tert-OH is 1. The van der Waals surface area contributed by atoms with E-state index in [1.165, 1.54) is 24.3 Å². The van der Waals surface area contributed by atoms with E-state index >= 15 is 0 Å². The second kappa shape index (κ2) is 11.5. The van der Waals surface area contributed by atoms with Crippen LogP contribution in [0.25, 0.3) is 6.08 Å². The first-order valence-corrected chi connectivity index (χ1v) is 12.9. The fraction of sp³-hybridized carbons (Fsp3) is 0.586. The van der Waals surface area contributed by atoms with Gasteiger partial charge in [0.25, 0.3) is 0 Å². The lowest BCUT2D eigenvalue weighted by Crippen LogP contribution is -2.51. The van der Waals surface area contributed by atoms with E-state index in [0.29, 0.717) is 23.5 Å². The van der Waals surface area contributed by atoms with Gasteiger partial charge >= 0.3 is 11.9 Å². The van der Waals surface area contributed by atoms with Gasteiger partial charge < -0.3 is 25.2 Å². The molecule has 2 aliphatic carbocycles. The first-order valence-electron chi connectivity index (χ1n) is 12.9. The summed E-state index contributed by atoms with van der Waals surface area (Å²) in [6.07, 6.45) is 10.5. The van der Waals surface area contributed by atoms with E-state index in [0.717, 1.165) is 38.5 Å². The van der Waals surface area contributed by atoms with E-state index in [9.17, 15) is 30.0 Å². The summed E-state index contributed by atoms with van der Waals surface area (Å²) in [5.74, 6) is -1.10. The van der Waals surface area contributed by atoms with E-state index in [4.69, 9.17) is 4.74 Å². The summed E-state index contributed by atoms with van der Waals surface area (Å²) in [5.41, 5.74) is 0.739. The SMILES string of the molecule is CC1CCC2(C)C(C(=O)O)=CCCC2C1(C)CCC(CCO)COC(=O)/C=C/c1ccc(O)c(O)c1. The second-order valence-electron chi connectivity index (χ2n) is 11.0. The molecule has 5 atom stereocenters. The highest BCUT2D eigenvalue weighted by Gasteiger charge is 2.55. The molecular formula is C29H40O7. The summed E-state index contributed by atoms with van der Waals surface area (Å²) in [5, 5.41) is 38.4. The van der Waals surface area contributed by atoms with Crippen molar-refractivity contribution < 1.29 is 34.8 Å². The standard InChI is InChI=1S/C29H40O7/c1-19-11-14-29(3)22(27(34)35)5-4-6-25(29)28(19,2)15-12-21(13-16-30)18-36-26(33)10-8-20-7-9-23(31)24(32)17-20/h5,7-10,17,19,21,25,30-32H,4,6,11-16,18H2,1-3H3,(H,34,35)/b10-8+. The highest BCUT2D eigenvalue weighted by Crippen LogP contribution is 2.62. The fourth-order valence-electron chi connectivity index (χ4n) is 6.51. The molecule has 3 rings (SSSR count). The molecular weight excluding hydrogens is 460 g/mol. The van der Waals surface area contributed by atoms with Crippen LogP contribution in [0, 0.1) is 28.6 Å². The van der Waals surface area contributed by atoms with Gasteiger partial charge in [-0.15, -0.1) is 0 Å². The summed E-state index contributed by atoms with van der Waals surface area (Å²) < 4.78 is 5.47. The van der Waals surface area contributed by atoms with Gasteiger partial charge in [0.15, 0.2) is 11.5 Å². The number of rotatable bonds is 10. The second-order valence-corrected chi connectivity index (χ2v) is 11.0. The number of aliphatic carboxylic acids is 1. The topological polar surface area (TPSA) is 124 Å². The number of carbonyl (C=O) groups is 2. The molecule has 5 unspecified atom stereocenters. The summed E-state index contributed by atoms with van der Waals surface area (Å²) in [6.45, 7) is 6.88. The zero-order valence-electron chi connectivity index (χ0n) is 21.6. The van der Waals surface area contributed by atoms with Crippen LogP contribution < -0.4 is 0 Å². The van der Waals surface area contributed by atoms with Crippen molar-refractivity contribution >= 4 is 18.0 Å². The Morgan fingerprint density at radius 1 is 1.17 bits per heavy atom. The van der Waals surface area contributed by atoms with Gasteiger partial charge in [-0.2, -0.15) is 0 Å². The first-order chi connectivity index (χ1) is 17.0. The number of fused-ring (bicyclic) bond motifs is 1. The third-order valence-electron chi connectivity index (χ3n) is 8.94. The number of phenols is 2. The molecule has 0 saturated heterocycles. The number of carboxylic acid groups (broad SMARTS) is 1. The van der Waals surface area contributed by atoms with Crippen molar-refractivity contribution in [2.75, 3.05) is 13.2 Å². The van der Waals surface area contributed by atoms with E-state index in [2.05, 4.69) is 20.8 Å². The minimum Gasteiger partial charge on any atom is -0.504 e. The van der Waals surface area contributed by atoms with Crippen LogP contribution in [-0.4, -0.2) is 45.6 Å². The van der Waals surface area contributed by atoms with Crippen LogP contribution >= 0.6 is 0 Å². The monoisotopic (exact) mass is 500 g/mol. The Balaban J connectivity index is 1.63. The Morgan fingerprint density at radius 3 is 2.58 bits per heavy atom. The molecule has 0 bridgehead atoms. The minimum absolute atomic E-state index is 0.000325. The van der Waals surface area contributed by atoms with Gasteiger partial charge in [0, 0.05) is 23.7 Å². The number of ether oxygens (including phenoxy) is 1. The molecule has 0 spiro atoms. The molecule has 1 saturated carbocycles. The molecule has 1 aromatic carbocycles. The molecule has 0 heterocycles. The van der Waals surface area contributed by atoms with Gasteiger partial charge in [-0.1, -0.05) is 32.9 Å². The number of hydrogen-bond acceptors (Lipinski definition) is 6. The van der Waals surface area contributed by atoms with Gasteiger partial charge in [-0.25, -0.2) is 9.59 Å². The van der Waals surface area contributed by atoms with E-state index in [-0.39, 0.29) is 47.4 Å². The van der Waals surface area contributed by atoms with Crippen molar-refractivity contribution in [1.29, 1.82) is 0 Å². The molecule has 0 amide bonds. The van der Waals surface area contributed by atoms with E-state index in [1.54, 1.807) is 6.07 Å². The Bertz CT molecular complexity index is 1010. The Hall–Kier alpha value is -2.80. The number of esters is 1. The molecule has 198 valence electrons. The van der Waals surface area contributed by atoms with Gasteiger partial charge in [0.05, 0.1) is 6.61 Å². The molecule has 1 aromatic rings. The maximum atomic E-state index is 12.3. The molecule has 7 heteroatoms. The van der Waals surface area contributed by atoms with Crippen molar-refractivity contribution in [3.63, 3.8) is 0 Å². The average molecular weight is 501 g/mol. The fourth-order valence-corrected chi connectivity index (χ4v) is 6.51. The Kier molecular flexibility index (Phi) is 8.88. The Labute approximate surface area is 213 Å². The molecule has 7 nitrogen and oxygen atoms in total. The minimum atomic E-state index is -0.806. The van der Waals surface area contributed by atoms with Crippen molar-refractivity contribution in [3.8, 4) is 11.5 Å². The molecule has 4 N–H and O–H groups in total. The van der Waals surface area contributed by atoms with Crippen LogP contribution in [0.4, 0.5) is 0 Å². The highest BCUT2D eigenvalue weighted by atomic mass is 16.5. The Morgan fingerprint density at radius 2 is 1.92 bits per heavy atom. The zero-order chi connectivity index (χ0) is 26.5.